The predicted octanol–water partition coefficient (Wildman–Crippen LogP) is 15.1. The van der Waals surface area contributed by atoms with Crippen LogP contribution in [-0.2, 0) is 0 Å². The lowest BCUT2D eigenvalue weighted by atomic mass is 9.95. The average molecular weight is 719 g/mol. The molecule has 0 aliphatic carbocycles. The minimum Gasteiger partial charge on any atom is -0.310 e. The lowest BCUT2D eigenvalue weighted by Crippen LogP contribution is -2.11. The van der Waals surface area contributed by atoms with Crippen molar-refractivity contribution in [2.75, 3.05) is 4.90 Å². The molecule has 0 atom stereocenters. The zero-order chi connectivity index (χ0) is 36.3. The fraction of sp³-hybridized carbons (Fsp3) is 0. The Labute approximate surface area is 323 Å². The van der Waals surface area contributed by atoms with Crippen molar-refractivity contribution in [1.29, 1.82) is 0 Å². The molecule has 0 aliphatic heterocycles. The molecule has 11 rings (SSSR count). The van der Waals surface area contributed by atoms with E-state index in [2.05, 4.69) is 216 Å². The molecule has 0 aliphatic rings. The summed E-state index contributed by atoms with van der Waals surface area (Å²) in [7, 11) is 0. The highest BCUT2D eigenvalue weighted by atomic mass is 32.1. The standard InChI is InChI=1S/C52H34N2S/c1-2-13-36(14-3-1)43-30-24-39(38-23-22-35-12-4-5-15-37(35)32-38)33-50(43)53(42-29-31-47-46-18-8-11-21-51(46)55-52(47)34-42)40-25-27-41(28-26-40)54-48-19-9-6-16-44(48)45-17-7-10-20-49(45)54/h1-34H. The van der Waals surface area contributed by atoms with Crippen LogP contribution in [0.2, 0.25) is 0 Å². The Morgan fingerprint density at radius 1 is 0.364 bits per heavy atom. The van der Waals surface area contributed by atoms with Gasteiger partial charge in [-0.05, 0) is 94.2 Å². The quantitative estimate of drug-likeness (QED) is 0.166. The van der Waals surface area contributed by atoms with Gasteiger partial charge in [0, 0.05) is 53.6 Å². The Morgan fingerprint density at radius 3 is 1.75 bits per heavy atom. The molecule has 3 heteroatoms. The number of para-hydroxylation sites is 2. The third-order valence-electron chi connectivity index (χ3n) is 11.0. The molecule has 11 aromatic rings. The van der Waals surface area contributed by atoms with Crippen LogP contribution in [0.15, 0.2) is 206 Å². The Hall–Kier alpha value is -6.94. The van der Waals surface area contributed by atoms with E-state index in [-0.39, 0.29) is 0 Å². The third-order valence-corrected chi connectivity index (χ3v) is 12.1. The van der Waals surface area contributed by atoms with Gasteiger partial charge in [0.2, 0.25) is 0 Å². The average Bonchev–Trinajstić information content (AvgIpc) is 3.80. The largest absolute Gasteiger partial charge is 0.310 e. The molecule has 0 fully saturated rings. The molecule has 2 nitrogen and oxygen atoms in total. The number of benzene rings is 9. The maximum absolute atomic E-state index is 2.45. The number of hydrogen-bond donors (Lipinski definition) is 0. The number of thiophene rings is 1. The summed E-state index contributed by atoms with van der Waals surface area (Å²) in [5, 5.41) is 7.60. The van der Waals surface area contributed by atoms with E-state index in [9.17, 15) is 0 Å². The summed E-state index contributed by atoms with van der Waals surface area (Å²) >= 11 is 1.86. The number of hydrogen-bond acceptors (Lipinski definition) is 2. The van der Waals surface area contributed by atoms with Crippen molar-refractivity contribution in [3.63, 3.8) is 0 Å². The molecule has 0 amide bonds. The molecule has 0 spiro atoms. The third kappa shape index (κ3) is 5.32. The van der Waals surface area contributed by atoms with Crippen molar-refractivity contribution in [2.45, 2.75) is 0 Å². The molecule has 2 heterocycles. The van der Waals surface area contributed by atoms with Gasteiger partial charge in [0.15, 0.2) is 0 Å². The summed E-state index contributed by atoms with van der Waals surface area (Å²) < 4.78 is 4.97. The number of aromatic nitrogens is 1. The van der Waals surface area contributed by atoms with Crippen LogP contribution in [0.3, 0.4) is 0 Å². The summed E-state index contributed by atoms with van der Waals surface area (Å²) in [4.78, 5) is 2.45. The van der Waals surface area contributed by atoms with E-state index in [1.54, 1.807) is 0 Å². The maximum Gasteiger partial charge on any atom is 0.0546 e. The molecule has 55 heavy (non-hydrogen) atoms. The molecule has 0 saturated carbocycles. The Bertz CT molecular complexity index is 3150. The minimum atomic E-state index is 1.10. The van der Waals surface area contributed by atoms with Gasteiger partial charge in [0.05, 0.1) is 16.7 Å². The highest BCUT2D eigenvalue weighted by Crippen LogP contribution is 2.46. The van der Waals surface area contributed by atoms with E-state index < -0.39 is 0 Å². The monoisotopic (exact) mass is 718 g/mol. The summed E-state index contributed by atoms with van der Waals surface area (Å²) in [6.45, 7) is 0. The Morgan fingerprint density at radius 2 is 0.964 bits per heavy atom. The van der Waals surface area contributed by atoms with E-state index in [1.807, 2.05) is 11.3 Å². The molecule has 0 radical (unpaired) electrons. The van der Waals surface area contributed by atoms with Gasteiger partial charge in [-0.3, -0.25) is 0 Å². The lowest BCUT2D eigenvalue weighted by molar-refractivity contribution is 1.17. The van der Waals surface area contributed by atoms with E-state index in [1.165, 1.54) is 75.0 Å². The van der Waals surface area contributed by atoms with E-state index >= 15 is 0 Å². The first kappa shape index (κ1) is 31.6. The van der Waals surface area contributed by atoms with Gasteiger partial charge in [-0.15, -0.1) is 11.3 Å². The smallest absolute Gasteiger partial charge is 0.0546 e. The fourth-order valence-corrected chi connectivity index (χ4v) is 9.50. The number of fused-ring (bicyclic) bond motifs is 7. The van der Waals surface area contributed by atoms with E-state index in [0.717, 1.165) is 22.7 Å². The van der Waals surface area contributed by atoms with E-state index in [0.29, 0.717) is 0 Å². The highest BCUT2D eigenvalue weighted by molar-refractivity contribution is 7.25. The van der Waals surface area contributed by atoms with Gasteiger partial charge < -0.3 is 9.47 Å². The zero-order valence-electron chi connectivity index (χ0n) is 29.9. The first-order valence-electron chi connectivity index (χ1n) is 18.8. The van der Waals surface area contributed by atoms with Crippen LogP contribution in [0, 0.1) is 0 Å². The van der Waals surface area contributed by atoms with Crippen LogP contribution in [0.25, 0.3) is 80.7 Å². The van der Waals surface area contributed by atoms with Gasteiger partial charge in [0.1, 0.15) is 0 Å². The second-order valence-electron chi connectivity index (χ2n) is 14.2. The maximum atomic E-state index is 2.45. The lowest BCUT2D eigenvalue weighted by Gasteiger charge is -2.29. The number of nitrogens with zero attached hydrogens (tertiary/aromatic N) is 2. The fourth-order valence-electron chi connectivity index (χ4n) is 8.36. The molecule has 9 aromatic carbocycles. The van der Waals surface area contributed by atoms with Gasteiger partial charge in [0.25, 0.3) is 0 Å². The van der Waals surface area contributed by atoms with Crippen molar-refractivity contribution in [3.8, 4) is 27.9 Å². The Kier molecular flexibility index (Phi) is 7.39. The summed E-state index contributed by atoms with van der Waals surface area (Å²) in [6, 6.07) is 75.3. The Balaban J connectivity index is 1.14. The first-order valence-corrected chi connectivity index (χ1v) is 19.6. The van der Waals surface area contributed by atoms with Crippen molar-refractivity contribution < 1.29 is 0 Å². The van der Waals surface area contributed by atoms with Gasteiger partial charge in [-0.25, -0.2) is 0 Å². The highest BCUT2D eigenvalue weighted by Gasteiger charge is 2.21. The SMILES string of the molecule is c1ccc(-c2ccc(-c3ccc4ccccc4c3)cc2N(c2ccc(-n3c4ccccc4c4ccccc43)cc2)c2ccc3c(c2)sc2ccccc23)cc1. The molecule has 0 N–H and O–H groups in total. The van der Waals surface area contributed by atoms with Crippen LogP contribution in [0.1, 0.15) is 0 Å². The molecule has 0 bridgehead atoms. The van der Waals surface area contributed by atoms with Crippen LogP contribution in [-0.4, -0.2) is 4.57 Å². The molecular formula is C52H34N2S. The molecule has 0 unspecified atom stereocenters. The van der Waals surface area contributed by atoms with Crippen LogP contribution in [0.5, 0.6) is 0 Å². The van der Waals surface area contributed by atoms with Gasteiger partial charge in [-0.1, -0.05) is 140 Å². The van der Waals surface area contributed by atoms with E-state index in [4.69, 9.17) is 0 Å². The van der Waals surface area contributed by atoms with Crippen molar-refractivity contribution in [1.82, 2.24) is 4.57 Å². The van der Waals surface area contributed by atoms with Gasteiger partial charge in [-0.2, -0.15) is 0 Å². The summed E-state index contributed by atoms with van der Waals surface area (Å²) in [5.74, 6) is 0. The molecular weight excluding hydrogens is 685 g/mol. The summed E-state index contributed by atoms with van der Waals surface area (Å²) in [5.41, 5.74) is 11.6. The second-order valence-corrected chi connectivity index (χ2v) is 15.2. The van der Waals surface area contributed by atoms with Crippen LogP contribution < -0.4 is 4.90 Å². The molecule has 2 aromatic heterocycles. The van der Waals surface area contributed by atoms with Gasteiger partial charge >= 0.3 is 0 Å². The summed E-state index contributed by atoms with van der Waals surface area (Å²) in [6.07, 6.45) is 0. The molecule has 0 saturated heterocycles. The second kappa shape index (κ2) is 12.9. The molecule has 258 valence electrons. The van der Waals surface area contributed by atoms with Crippen molar-refractivity contribution >= 4 is 81.1 Å². The van der Waals surface area contributed by atoms with Crippen molar-refractivity contribution in [3.05, 3.63) is 206 Å². The van der Waals surface area contributed by atoms with Crippen LogP contribution in [0.4, 0.5) is 17.1 Å². The minimum absolute atomic E-state index is 1.10. The number of anilines is 3. The van der Waals surface area contributed by atoms with Crippen LogP contribution >= 0.6 is 11.3 Å². The normalized spacial score (nSPS) is 11.6. The number of rotatable bonds is 6. The topological polar surface area (TPSA) is 8.17 Å². The predicted molar refractivity (Wildman–Crippen MR) is 237 cm³/mol. The van der Waals surface area contributed by atoms with Crippen molar-refractivity contribution in [2.24, 2.45) is 0 Å². The first-order chi connectivity index (χ1) is 27.3. The zero-order valence-corrected chi connectivity index (χ0v) is 30.7.